The van der Waals surface area contributed by atoms with Crippen molar-refractivity contribution >= 4 is 5.91 Å². The van der Waals surface area contributed by atoms with E-state index in [2.05, 4.69) is 12.2 Å². The van der Waals surface area contributed by atoms with E-state index < -0.39 is 0 Å². The predicted octanol–water partition coefficient (Wildman–Crippen LogP) is 0.622. The molecule has 0 spiro atoms. The second-order valence-corrected chi connectivity index (χ2v) is 4.98. The molecule has 2 atom stereocenters. The third-order valence-electron chi connectivity index (χ3n) is 3.72. The van der Waals surface area contributed by atoms with Gasteiger partial charge in [-0.1, -0.05) is 0 Å². The largest absolute Gasteiger partial charge is 0.375 e. The van der Waals surface area contributed by atoms with Crippen molar-refractivity contribution in [2.24, 2.45) is 5.92 Å². The average Bonchev–Trinajstić information content (AvgIpc) is 3.12. The quantitative estimate of drug-likeness (QED) is 0.764. The molecule has 0 radical (unpaired) electrons. The Bertz CT molecular complexity index is 247. The van der Waals surface area contributed by atoms with Crippen LogP contribution in [0.15, 0.2) is 0 Å². The summed E-state index contributed by atoms with van der Waals surface area (Å²) in [7, 11) is 1.92. The number of hydrogen-bond donors (Lipinski definition) is 1. The van der Waals surface area contributed by atoms with Gasteiger partial charge < -0.3 is 15.0 Å². The van der Waals surface area contributed by atoms with Crippen LogP contribution in [-0.2, 0) is 9.53 Å². The van der Waals surface area contributed by atoms with E-state index in [0.29, 0.717) is 12.5 Å². The Morgan fingerprint density at radius 2 is 2.31 bits per heavy atom. The van der Waals surface area contributed by atoms with Crippen LogP contribution in [0.5, 0.6) is 0 Å². The van der Waals surface area contributed by atoms with Crippen LogP contribution in [0, 0.1) is 5.92 Å². The first-order valence-electron chi connectivity index (χ1n) is 6.26. The van der Waals surface area contributed by atoms with E-state index in [-0.39, 0.29) is 12.0 Å². The Labute approximate surface area is 97.3 Å². The minimum atomic E-state index is 0.0649. The van der Waals surface area contributed by atoms with Crippen LogP contribution in [0.1, 0.15) is 26.2 Å². The number of nitrogens with one attached hydrogen (secondary N) is 1. The summed E-state index contributed by atoms with van der Waals surface area (Å²) < 4.78 is 5.54. The molecule has 4 heteroatoms. The number of carbonyl (C=O) groups excluding carboxylic acids is 1. The van der Waals surface area contributed by atoms with E-state index in [1.165, 1.54) is 12.8 Å². The summed E-state index contributed by atoms with van der Waals surface area (Å²) in [4.78, 5) is 13.9. The van der Waals surface area contributed by atoms with Gasteiger partial charge in [0.2, 0.25) is 5.91 Å². The molecule has 1 aliphatic carbocycles. The second-order valence-electron chi connectivity index (χ2n) is 4.98. The maximum Gasteiger partial charge on any atom is 0.225 e. The van der Waals surface area contributed by atoms with Crippen LogP contribution in [0.3, 0.4) is 0 Å². The van der Waals surface area contributed by atoms with Gasteiger partial charge in [-0.15, -0.1) is 0 Å². The molecule has 1 amide bonds. The van der Waals surface area contributed by atoms with Gasteiger partial charge in [0.15, 0.2) is 0 Å². The standard InChI is InChI=1S/C12H22N2O2/c1-9(10-3-4-10)14(2)12(15)7-11-8-13-5-6-16-11/h9-11,13H,3-8H2,1-2H3. The number of rotatable bonds is 4. The average molecular weight is 226 g/mol. The molecule has 0 bridgehead atoms. The van der Waals surface area contributed by atoms with Crippen LogP contribution in [0.2, 0.25) is 0 Å². The Hall–Kier alpha value is -0.610. The van der Waals surface area contributed by atoms with Gasteiger partial charge in [0, 0.05) is 26.2 Å². The number of morpholine rings is 1. The Morgan fingerprint density at radius 3 is 2.88 bits per heavy atom. The van der Waals surface area contributed by atoms with E-state index in [9.17, 15) is 4.79 Å². The fourth-order valence-electron chi connectivity index (χ4n) is 2.21. The summed E-state index contributed by atoms with van der Waals surface area (Å²) in [6, 6.07) is 0.393. The summed E-state index contributed by atoms with van der Waals surface area (Å²) in [5.41, 5.74) is 0. The normalized spacial score (nSPS) is 27.5. The van der Waals surface area contributed by atoms with Crippen LogP contribution < -0.4 is 5.32 Å². The van der Waals surface area contributed by atoms with Gasteiger partial charge in [-0.2, -0.15) is 0 Å². The van der Waals surface area contributed by atoms with Gasteiger partial charge in [-0.05, 0) is 25.7 Å². The SMILES string of the molecule is CC(C1CC1)N(C)C(=O)CC1CNCCO1. The third-order valence-corrected chi connectivity index (χ3v) is 3.72. The highest BCUT2D eigenvalue weighted by atomic mass is 16.5. The molecule has 16 heavy (non-hydrogen) atoms. The molecule has 2 fully saturated rings. The van der Waals surface area contributed by atoms with E-state index in [0.717, 1.165) is 25.6 Å². The molecule has 2 rings (SSSR count). The van der Waals surface area contributed by atoms with Gasteiger partial charge in [0.05, 0.1) is 19.1 Å². The molecule has 2 aliphatic rings. The van der Waals surface area contributed by atoms with Crippen molar-refractivity contribution in [3.8, 4) is 0 Å². The van der Waals surface area contributed by atoms with Crippen LogP contribution in [-0.4, -0.2) is 49.7 Å². The minimum Gasteiger partial charge on any atom is -0.375 e. The fraction of sp³-hybridized carbons (Fsp3) is 0.917. The Kier molecular flexibility index (Phi) is 3.82. The highest BCUT2D eigenvalue weighted by Crippen LogP contribution is 2.34. The lowest BCUT2D eigenvalue weighted by atomic mass is 10.1. The number of amides is 1. The maximum absolute atomic E-state index is 12.0. The van der Waals surface area contributed by atoms with E-state index in [1.807, 2.05) is 11.9 Å². The van der Waals surface area contributed by atoms with E-state index >= 15 is 0 Å². The first kappa shape index (κ1) is 11.9. The maximum atomic E-state index is 12.0. The second kappa shape index (κ2) is 5.15. The van der Waals surface area contributed by atoms with Crippen LogP contribution in [0.25, 0.3) is 0 Å². The molecule has 1 saturated heterocycles. The highest BCUT2D eigenvalue weighted by Gasteiger charge is 2.33. The monoisotopic (exact) mass is 226 g/mol. The zero-order valence-corrected chi connectivity index (χ0v) is 10.2. The van der Waals surface area contributed by atoms with Crippen molar-refractivity contribution in [1.29, 1.82) is 0 Å². The lowest BCUT2D eigenvalue weighted by molar-refractivity contribution is -0.135. The first-order chi connectivity index (χ1) is 7.68. The summed E-state index contributed by atoms with van der Waals surface area (Å²) in [5, 5.41) is 3.25. The lowest BCUT2D eigenvalue weighted by Crippen LogP contribution is -2.43. The fourth-order valence-corrected chi connectivity index (χ4v) is 2.21. The molecule has 1 heterocycles. The molecule has 1 saturated carbocycles. The minimum absolute atomic E-state index is 0.0649. The molecule has 0 aromatic rings. The van der Waals surface area contributed by atoms with Crippen molar-refractivity contribution < 1.29 is 9.53 Å². The van der Waals surface area contributed by atoms with Crippen molar-refractivity contribution in [3.05, 3.63) is 0 Å². The van der Waals surface area contributed by atoms with Gasteiger partial charge in [-0.3, -0.25) is 4.79 Å². The summed E-state index contributed by atoms with van der Waals surface area (Å²) in [5.74, 6) is 0.951. The van der Waals surface area contributed by atoms with Gasteiger partial charge in [0.1, 0.15) is 0 Å². The smallest absolute Gasteiger partial charge is 0.225 e. The molecule has 2 unspecified atom stereocenters. The molecule has 1 N–H and O–H groups in total. The third kappa shape index (κ3) is 2.95. The van der Waals surface area contributed by atoms with E-state index in [1.54, 1.807) is 0 Å². The van der Waals surface area contributed by atoms with Crippen molar-refractivity contribution in [2.75, 3.05) is 26.7 Å². The number of carbonyl (C=O) groups is 1. The topological polar surface area (TPSA) is 41.6 Å². The van der Waals surface area contributed by atoms with Gasteiger partial charge >= 0.3 is 0 Å². The summed E-state index contributed by atoms with van der Waals surface area (Å²) in [6.07, 6.45) is 3.14. The lowest BCUT2D eigenvalue weighted by Gasteiger charge is -2.28. The molecule has 0 aromatic heterocycles. The van der Waals surface area contributed by atoms with Crippen LogP contribution >= 0.6 is 0 Å². The number of nitrogens with zero attached hydrogens (tertiary/aromatic N) is 1. The Morgan fingerprint density at radius 1 is 1.56 bits per heavy atom. The zero-order chi connectivity index (χ0) is 11.5. The molecule has 4 nitrogen and oxygen atoms in total. The van der Waals surface area contributed by atoms with Crippen molar-refractivity contribution in [1.82, 2.24) is 10.2 Å². The molecular weight excluding hydrogens is 204 g/mol. The van der Waals surface area contributed by atoms with Crippen molar-refractivity contribution in [2.45, 2.75) is 38.3 Å². The van der Waals surface area contributed by atoms with Gasteiger partial charge in [-0.25, -0.2) is 0 Å². The van der Waals surface area contributed by atoms with Gasteiger partial charge in [0.25, 0.3) is 0 Å². The molecule has 0 aromatic carbocycles. The summed E-state index contributed by atoms with van der Waals surface area (Å²) >= 11 is 0. The molecule has 1 aliphatic heterocycles. The number of ether oxygens (including phenoxy) is 1. The predicted molar refractivity (Wildman–Crippen MR) is 62.2 cm³/mol. The summed E-state index contributed by atoms with van der Waals surface area (Å²) in [6.45, 7) is 4.58. The Balaban J connectivity index is 1.76. The first-order valence-corrected chi connectivity index (χ1v) is 6.26. The number of hydrogen-bond acceptors (Lipinski definition) is 3. The zero-order valence-electron chi connectivity index (χ0n) is 10.2. The molecular formula is C12H22N2O2. The highest BCUT2D eigenvalue weighted by molar-refractivity contribution is 5.76. The molecule has 92 valence electrons. The van der Waals surface area contributed by atoms with Crippen molar-refractivity contribution in [3.63, 3.8) is 0 Å². The van der Waals surface area contributed by atoms with E-state index in [4.69, 9.17) is 4.74 Å². The van der Waals surface area contributed by atoms with Crippen LogP contribution in [0.4, 0.5) is 0 Å².